The van der Waals surface area contributed by atoms with Gasteiger partial charge >= 0.3 is 12.0 Å². The number of nitrogens with zero attached hydrogens (tertiary/aromatic N) is 1. The molecule has 1 atom stereocenters. The third-order valence-electron chi connectivity index (χ3n) is 2.70. The first-order chi connectivity index (χ1) is 10.1. The van der Waals surface area contributed by atoms with Gasteiger partial charge in [0, 0.05) is 18.3 Å². The molecular formula is C13H13FN4O3. The summed E-state index contributed by atoms with van der Waals surface area (Å²) in [6, 6.07) is 3.65. The second-order valence-electron chi connectivity index (χ2n) is 4.25. The molecule has 0 aliphatic rings. The molecule has 1 aromatic heterocycles. The maximum absolute atomic E-state index is 13.4. The Morgan fingerprint density at radius 2 is 2.14 bits per heavy atom. The molecule has 0 aliphatic heterocycles. The van der Waals surface area contributed by atoms with Gasteiger partial charge < -0.3 is 20.7 Å². The number of carbonyl (C=O) groups excluding carboxylic acids is 1. The molecule has 1 aromatic carbocycles. The number of carboxylic acid groups (broad SMARTS) is 1. The minimum absolute atomic E-state index is 0.0271. The molecule has 1 heterocycles. The fraction of sp³-hybridized carbons (Fsp3) is 0.154. The van der Waals surface area contributed by atoms with E-state index in [0.29, 0.717) is 5.69 Å². The number of benzene rings is 1. The normalized spacial score (nSPS) is 11.7. The number of hydrogen-bond donors (Lipinski definition) is 4. The largest absolute Gasteiger partial charge is 0.480 e. The van der Waals surface area contributed by atoms with E-state index >= 15 is 0 Å². The van der Waals surface area contributed by atoms with Gasteiger partial charge in [-0.3, -0.25) is 0 Å². The predicted molar refractivity (Wildman–Crippen MR) is 72.3 cm³/mol. The first-order valence-corrected chi connectivity index (χ1v) is 6.08. The third kappa shape index (κ3) is 4.03. The standard InChI is InChI=1S/C13H13FN4O3/c14-9-3-1-2-4-10(9)17-13(21)18-11(12(19)20)5-8-6-15-7-16-8/h1-4,6-7,11H,5H2,(H,15,16)(H,19,20)(H2,17,18,21)/t11-/m1/s1. The van der Waals surface area contributed by atoms with Crippen LogP contribution in [0.4, 0.5) is 14.9 Å². The molecule has 0 bridgehead atoms. The van der Waals surface area contributed by atoms with E-state index < -0.39 is 23.9 Å². The molecule has 0 unspecified atom stereocenters. The monoisotopic (exact) mass is 292 g/mol. The smallest absolute Gasteiger partial charge is 0.326 e. The van der Waals surface area contributed by atoms with Gasteiger partial charge in [-0.15, -0.1) is 0 Å². The number of urea groups is 1. The van der Waals surface area contributed by atoms with Crippen LogP contribution in [0.25, 0.3) is 0 Å². The van der Waals surface area contributed by atoms with Crippen molar-refractivity contribution < 1.29 is 19.1 Å². The van der Waals surface area contributed by atoms with Gasteiger partial charge in [0.1, 0.15) is 11.9 Å². The van der Waals surface area contributed by atoms with Gasteiger partial charge in [-0.1, -0.05) is 12.1 Å². The number of aliphatic carboxylic acids is 1. The lowest BCUT2D eigenvalue weighted by atomic mass is 10.1. The van der Waals surface area contributed by atoms with Gasteiger partial charge in [0.2, 0.25) is 0 Å². The van der Waals surface area contributed by atoms with E-state index in [9.17, 15) is 14.0 Å². The molecule has 2 amide bonds. The summed E-state index contributed by atoms with van der Waals surface area (Å²) in [5.41, 5.74) is 0.536. The summed E-state index contributed by atoms with van der Waals surface area (Å²) in [5.74, 6) is -1.80. The molecule has 110 valence electrons. The molecule has 0 spiro atoms. The highest BCUT2D eigenvalue weighted by molar-refractivity contribution is 5.92. The van der Waals surface area contributed by atoms with E-state index in [1.54, 1.807) is 6.07 Å². The zero-order valence-corrected chi connectivity index (χ0v) is 10.8. The number of imidazole rings is 1. The zero-order valence-electron chi connectivity index (χ0n) is 10.8. The van der Waals surface area contributed by atoms with Gasteiger partial charge in [0.25, 0.3) is 0 Å². The van der Waals surface area contributed by atoms with Crippen molar-refractivity contribution in [2.45, 2.75) is 12.5 Å². The Hall–Kier alpha value is -2.90. The molecule has 21 heavy (non-hydrogen) atoms. The summed E-state index contributed by atoms with van der Waals surface area (Å²) in [5, 5.41) is 13.6. The van der Waals surface area contributed by atoms with Crippen LogP contribution in [0.5, 0.6) is 0 Å². The Morgan fingerprint density at radius 3 is 2.76 bits per heavy atom. The van der Waals surface area contributed by atoms with Crippen molar-refractivity contribution in [3.8, 4) is 0 Å². The molecular weight excluding hydrogens is 279 g/mol. The lowest BCUT2D eigenvalue weighted by molar-refractivity contribution is -0.139. The second kappa shape index (κ2) is 6.51. The molecule has 0 aliphatic carbocycles. The van der Waals surface area contributed by atoms with Crippen molar-refractivity contribution in [2.75, 3.05) is 5.32 Å². The number of amides is 2. The topological polar surface area (TPSA) is 107 Å². The number of halogens is 1. The number of anilines is 1. The van der Waals surface area contributed by atoms with Gasteiger partial charge in [0.15, 0.2) is 0 Å². The lowest BCUT2D eigenvalue weighted by Crippen LogP contribution is -2.44. The quantitative estimate of drug-likeness (QED) is 0.667. The average molecular weight is 292 g/mol. The van der Waals surface area contributed by atoms with Crippen LogP contribution in [-0.2, 0) is 11.2 Å². The van der Waals surface area contributed by atoms with E-state index in [4.69, 9.17) is 5.11 Å². The highest BCUT2D eigenvalue weighted by atomic mass is 19.1. The summed E-state index contributed by atoms with van der Waals surface area (Å²) in [6.45, 7) is 0. The van der Waals surface area contributed by atoms with Crippen LogP contribution in [0.3, 0.4) is 0 Å². The highest BCUT2D eigenvalue weighted by Gasteiger charge is 2.21. The Labute approximate surface area is 119 Å². The SMILES string of the molecule is O=C(Nc1ccccc1F)N[C@H](Cc1cnc[nH]1)C(=O)O. The fourth-order valence-corrected chi connectivity index (χ4v) is 1.70. The number of carbonyl (C=O) groups is 2. The van der Waals surface area contributed by atoms with Crippen molar-refractivity contribution in [2.24, 2.45) is 0 Å². The number of H-pyrrole nitrogens is 1. The summed E-state index contributed by atoms with van der Waals surface area (Å²) in [6.07, 6.45) is 2.92. The van der Waals surface area contributed by atoms with E-state index in [-0.39, 0.29) is 12.1 Å². The van der Waals surface area contributed by atoms with Crippen LogP contribution >= 0.6 is 0 Å². The van der Waals surface area contributed by atoms with E-state index in [0.717, 1.165) is 0 Å². The summed E-state index contributed by atoms with van der Waals surface area (Å²) >= 11 is 0. The number of carboxylic acids is 1. The van der Waals surface area contributed by atoms with Gasteiger partial charge in [0.05, 0.1) is 12.0 Å². The van der Waals surface area contributed by atoms with Crippen LogP contribution in [0.15, 0.2) is 36.8 Å². The fourth-order valence-electron chi connectivity index (χ4n) is 1.70. The third-order valence-corrected chi connectivity index (χ3v) is 2.70. The predicted octanol–water partition coefficient (Wildman–Crippen LogP) is 1.37. The van der Waals surface area contributed by atoms with Gasteiger partial charge in [-0.05, 0) is 12.1 Å². The van der Waals surface area contributed by atoms with Crippen LogP contribution < -0.4 is 10.6 Å². The van der Waals surface area contributed by atoms with Crippen molar-refractivity contribution in [1.29, 1.82) is 0 Å². The Bertz CT molecular complexity index is 630. The first kappa shape index (κ1) is 14.5. The lowest BCUT2D eigenvalue weighted by Gasteiger charge is -2.14. The van der Waals surface area contributed by atoms with Crippen molar-refractivity contribution in [3.05, 3.63) is 48.3 Å². The van der Waals surface area contributed by atoms with Crippen molar-refractivity contribution >= 4 is 17.7 Å². The van der Waals surface area contributed by atoms with Crippen LogP contribution in [-0.4, -0.2) is 33.1 Å². The second-order valence-corrected chi connectivity index (χ2v) is 4.25. The molecule has 4 N–H and O–H groups in total. The van der Waals surface area contributed by atoms with E-state index in [1.807, 2.05) is 0 Å². The zero-order chi connectivity index (χ0) is 15.2. The number of nitrogens with one attached hydrogen (secondary N) is 3. The summed E-state index contributed by atoms with van der Waals surface area (Å²) in [4.78, 5) is 29.4. The maximum atomic E-state index is 13.4. The molecule has 0 saturated carbocycles. The van der Waals surface area contributed by atoms with E-state index in [1.165, 1.54) is 30.7 Å². The number of aromatic amines is 1. The number of aromatic nitrogens is 2. The molecule has 7 nitrogen and oxygen atoms in total. The summed E-state index contributed by atoms with van der Waals surface area (Å²) in [7, 11) is 0. The van der Waals surface area contributed by atoms with Crippen LogP contribution in [0, 0.1) is 5.82 Å². The van der Waals surface area contributed by atoms with Crippen LogP contribution in [0.2, 0.25) is 0 Å². The molecule has 2 aromatic rings. The molecule has 0 radical (unpaired) electrons. The van der Waals surface area contributed by atoms with Crippen LogP contribution in [0.1, 0.15) is 5.69 Å². The number of hydrogen-bond acceptors (Lipinski definition) is 3. The van der Waals surface area contributed by atoms with E-state index in [2.05, 4.69) is 20.6 Å². The Balaban J connectivity index is 1.98. The minimum atomic E-state index is -1.20. The van der Waals surface area contributed by atoms with Crippen molar-refractivity contribution in [1.82, 2.24) is 15.3 Å². The maximum Gasteiger partial charge on any atom is 0.326 e. The number of rotatable bonds is 5. The highest BCUT2D eigenvalue weighted by Crippen LogP contribution is 2.12. The Morgan fingerprint density at radius 1 is 1.38 bits per heavy atom. The molecule has 2 rings (SSSR count). The number of para-hydroxylation sites is 1. The molecule has 0 fully saturated rings. The Kier molecular flexibility index (Phi) is 4.50. The minimum Gasteiger partial charge on any atom is -0.480 e. The molecule has 0 saturated heterocycles. The summed E-state index contributed by atoms with van der Waals surface area (Å²) < 4.78 is 13.4. The van der Waals surface area contributed by atoms with Gasteiger partial charge in [-0.2, -0.15) is 0 Å². The molecule has 8 heteroatoms. The van der Waals surface area contributed by atoms with Crippen molar-refractivity contribution in [3.63, 3.8) is 0 Å². The first-order valence-electron chi connectivity index (χ1n) is 6.08. The van der Waals surface area contributed by atoms with Gasteiger partial charge in [-0.25, -0.2) is 19.0 Å². The average Bonchev–Trinajstić information content (AvgIpc) is 2.93.